The summed E-state index contributed by atoms with van der Waals surface area (Å²) in [5, 5.41) is 11.3. The Morgan fingerprint density at radius 3 is 2.81 bits per heavy atom. The smallest absolute Gasteiger partial charge is 0.335 e. The third-order valence-corrected chi connectivity index (χ3v) is 2.08. The van der Waals surface area contributed by atoms with Crippen LogP contribution in [0.5, 0.6) is 0 Å². The van der Waals surface area contributed by atoms with Crippen molar-refractivity contribution in [2.75, 3.05) is 7.11 Å². The molecule has 0 bridgehead atoms. The van der Waals surface area contributed by atoms with Crippen LogP contribution in [-0.4, -0.2) is 30.0 Å². The summed E-state index contributed by atoms with van der Waals surface area (Å²) >= 11 is 0. The zero-order chi connectivity index (χ0) is 12.1. The number of aliphatic imine (C=N–C) groups is 1. The summed E-state index contributed by atoms with van der Waals surface area (Å²) < 4.78 is 4.99. The van der Waals surface area contributed by atoms with Gasteiger partial charge in [0.05, 0.1) is 19.1 Å². The van der Waals surface area contributed by atoms with E-state index in [9.17, 15) is 9.59 Å². The van der Waals surface area contributed by atoms with E-state index in [4.69, 9.17) is 9.84 Å². The Labute approximate surface area is 93.0 Å². The van der Waals surface area contributed by atoms with Gasteiger partial charge in [-0.15, -0.1) is 0 Å². The molecule has 0 fully saturated rings. The molecule has 0 aromatic heterocycles. The van der Waals surface area contributed by atoms with Crippen LogP contribution in [0.4, 0.5) is 0 Å². The summed E-state index contributed by atoms with van der Waals surface area (Å²) in [5.74, 6) is -0.992. The molecule has 1 aliphatic rings. The van der Waals surface area contributed by atoms with Gasteiger partial charge in [0.15, 0.2) is 5.90 Å². The second-order valence-corrected chi connectivity index (χ2v) is 3.32. The van der Waals surface area contributed by atoms with Crippen LogP contribution in [-0.2, 0) is 14.3 Å². The zero-order valence-corrected chi connectivity index (χ0v) is 9.24. The first-order valence-electron chi connectivity index (χ1n) is 4.96. The molecule has 88 valence electrons. The highest BCUT2D eigenvalue weighted by atomic mass is 16.5. The first kappa shape index (κ1) is 12.2. The van der Waals surface area contributed by atoms with Gasteiger partial charge in [-0.25, -0.2) is 4.79 Å². The van der Waals surface area contributed by atoms with Gasteiger partial charge in [0.1, 0.15) is 5.82 Å². The third-order valence-electron chi connectivity index (χ3n) is 2.08. The van der Waals surface area contributed by atoms with Gasteiger partial charge >= 0.3 is 5.97 Å². The normalized spacial score (nSPS) is 16.4. The first-order chi connectivity index (χ1) is 7.58. The fourth-order valence-corrected chi connectivity index (χ4v) is 1.31. The molecule has 6 heteroatoms. The maximum Gasteiger partial charge on any atom is 0.335 e. The third kappa shape index (κ3) is 2.82. The van der Waals surface area contributed by atoms with E-state index in [-0.39, 0.29) is 23.7 Å². The summed E-state index contributed by atoms with van der Waals surface area (Å²) in [7, 11) is 1.46. The molecular formula is C10H14N2O4. The Morgan fingerprint density at radius 1 is 1.62 bits per heavy atom. The van der Waals surface area contributed by atoms with E-state index in [1.54, 1.807) is 0 Å². The van der Waals surface area contributed by atoms with Crippen molar-refractivity contribution in [1.82, 2.24) is 5.32 Å². The molecule has 1 rings (SSSR count). The molecule has 0 atom stereocenters. The Kier molecular flexibility index (Phi) is 4.04. The number of carbonyl (C=O) groups excluding carboxylic acids is 1. The monoisotopic (exact) mass is 226 g/mol. The summed E-state index contributed by atoms with van der Waals surface area (Å²) in [5.41, 5.74) is -0.0179. The van der Waals surface area contributed by atoms with Crippen LogP contribution in [0.1, 0.15) is 26.2 Å². The van der Waals surface area contributed by atoms with Gasteiger partial charge in [-0.3, -0.25) is 4.79 Å². The van der Waals surface area contributed by atoms with Crippen molar-refractivity contribution >= 4 is 17.8 Å². The zero-order valence-electron chi connectivity index (χ0n) is 9.24. The van der Waals surface area contributed by atoms with Gasteiger partial charge in [0.2, 0.25) is 5.91 Å². The molecule has 2 N–H and O–H groups in total. The van der Waals surface area contributed by atoms with E-state index in [0.29, 0.717) is 12.3 Å². The standard InChI is InChI=1S/C10H14N2O4/c1-3-4-8(16-2)12-9-6(10(14)15)5-7(13)11-9/h3-5H2,1-2H3,(H,11,13)(H,14,15)/b12-8-. The molecule has 0 aromatic carbocycles. The predicted octanol–water partition coefficient (Wildman–Crippen LogP) is 0.647. The van der Waals surface area contributed by atoms with E-state index in [1.165, 1.54) is 7.11 Å². The summed E-state index contributed by atoms with van der Waals surface area (Å²) in [6, 6.07) is 0. The number of ether oxygens (including phenoxy) is 1. The number of hydrogen-bond donors (Lipinski definition) is 2. The molecule has 0 aromatic rings. The number of carboxylic acid groups (broad SMARTS) is 1. The highest BCUT2D eigenvalue weighted by Gasteiger charge is 2.26. The maximum atomic E-state index is 11.1. The average molecular weight is 226 g/mol. The lowest BCUT2D eigenvalue weighted by Crippen LogP contribution is -2.15. The minimum Gasteiger partial charge on any atom is -0.484 e. The lowest BCUT2D eigenvalue weighted by molar-refractivity contribution is -0.133. The number of nitrogens with one attached hydrogen (secondary N) is 1. The summed E-state index contributed by atoms with van der Waals surface area (Å²) in [4.78, 5) is 25.9. The highest BCUT2D eigenvalue weighted by Crippen LogP contribution is 2.16. The second kappa shape index (κ2) is 5.29. The molecule has 0 saturated heterocycles. The number of carbonyl (C=O) groups is 2. The lowest BCUT2D eigenvalue weighted by atomic mass is 10.2. The van der Waals surface area contributed by atoms with E-state index < -0.39 is 5.97 Å². The van der Waals surface area contributed by atoms with Crippen molar-refractivity contribution in [3.63, 3.8) is 0 Å². The largest absolute Gasteiger partial charge is 0.484 e. The number of aliphatic carboxylic acids is 1. The highest BCUT2D eigenvalue weighted by molar-refractivity contribution is 5.99. The van der Waals surface area contributed by atoms with Crippen molar-refractivity contribution in [3.05, 3.63) is 11.4 Å². The molecule has 0 spiro atoms. The van der Waals surface area contributed by atoms with Gasteiger partial charge in [0.25, 0.3) is 0 Å². The molecule has 0 aliphatic carbocycles. The number of rotatable bonds is 4. The molecule has 1 amide bonds. The Morgan fingerprint density at radius 2 is 2.31 bits per heavy atom. The van der Waals surface area contributed by atoms with Gasteiger partial charge in [-0.2, -0.15) is 4.99 Å². The average Bonchev–Trinajstić information content (AvgIpc) is 2.59. The van der Waals surface area contributed by atoms with E-state index in [0.717, 1.165) is 6.42 Å². The first-order valence-corrected chi connectivity index (χ1v) is 4.96. The number of nitrogens with zero attached hydrogens (tertiary/aromatic N) is 1. The maximum absolute atomic E-state index is 11.1. The fourth-order valence-electron chi connectivity index (χ4n) is 1.31. The van der Waals surface area contributed by atoms with Gasteiger partial charge in [-0.1, -0.05) is 6.92 Å². The number of hydrogen-bond acceptors (Lipinski definition) is 4. The molecule has 6 nitrogen and oxygen atoms in total. The second-order valence-electron chi connectivity index (χ2n) is 3.32. The van der Waals surface area contributed by atoms with Crippen molar-refractivity contribution in [3.8, 4) is 0 Å². The van der Waals surface area contributed by atoms with Crippen LogP contribution in [0.2, 0.25) is 0 Å². The van der Waals surface area contributed by atoms with Crippen LogP contribution in [0.15, 0.2) is 16.4 Å². The number of carboxylic acids is 1. The Bertz CT molecular complexity index is 371. The summed E-state index contributed by atoms with van der Waals surface area (Å²) in [6.07, 6.45) is 1.29. The van der Waals surface area contributed by atoms with Crippen molar-refractivity contribution in [2.24, 2.45) is 4.99 Å². The van der Waals surface area contributed by atoms with Crippen LogP contribution in [0.25, 0.3) is 0 Å². The van der Waals surface area contributed by atoms with Crippen LogP contribution >= 0.6 is 0 Å². The minimum atomic E-state index is -1.14. The quantitative estimate of drug-likeness (QED) is 0.544. The number of amides is 1. The lowest BCUT2D eigenvalue weighted by Gasteiger charge is -2.04. The molecule has 0 unspecified atom stereocenters. The minimum absolute atomic E-state index is 0.0179. The molecular weight excluding hydrogens is 212 g/mol. The molecule has 1 heterocycles. The fraction of sp³-hybridized carbons (Fsp3) is 0.500. The summed E-state index contributed by atoms with van der Waals surface area (Å²) in [6.45, 7) is 1.95. The van der Waals surface area contributed by atoms with E-state index >= 15 is 0 Å². The predicted molar refractivity (Wildman–Crippen MR) is 56.8 cm³/mol. The van der Waals surface area contributed by atoms with Gasteiger partial charge in [-0.05, 0) is 6.42 Å². The van der Waals surface area contributed by atoms with Gasteiger partial charge < -0.3 is 15.2 Å². The van der Waals surface area contributed by atoms with Gasteiger partial charge in [0, 0.05) is 6.42 Å². The molecule has 1 aliphatic heterocycles. The molecule has 16 heavy (non-hydrogen) atoms. The SMILES string of the molecule is CCC/C(=N/C1=C(C(=O)O)CC(=O)N1)OC. The molecule has 0 saturated carbocycles. The van der Waals surface area contributed by atoms with Crippen LogP contribution in [0.3, 0.4) is 0 Å². The van der Waals surface area contributed by atoms with Crippen molar-refractivity contribution in [1.29, 1.82) is 0 Å². The number of methoxy groups -OCH3 is 1. The molecule has 0 radical (unpaired) electrons. The van der Waals surface area contributed by atoms with E-state index in [2.05, 4.69) is 10.3 Å². The van der Waals surface area contributed by atoms with Crippen LogP contribution < -0.4 is 5.32 Å². The van der Waals surface area contributed by atoms with Crippen molar-refractivity contribution < 1.29 is 19.4 Å². The van der Waals surface area contributed by atoms with E-state index in [1.807, 2.05) is 6.92 Å². The Hall–Kier alpha value is -1.85. The van der Waals surface area contributed by atoms with Crippen LogP contribution in [0, 0.1) is 0 Å². The van der Waals surface area contributed by atoms with Crippen molar-refractivity contribution in [2.45, 2.75) is 26.2 Å². The topological polar surface area (TPSA) is 88.0 Å². The Balaban J connectivity index is 2.95.